The Morgan fingerprint density at radius 1 is 1.55 bits per heavy atom. The van der Waals surface area contributed by atoms with E-state index in [2.05, 4.69) is 0 Å². The van der Waals surface area contributed by atoms with Gasteiger partial charge in [0.05, 0.1) is 6.61 Å². The number of carbonyl (C=O) groups excluding carboxylic acids is 1. The molecule has 0 saturated carbocycles. The Morgan fingerprint density at radius 2 is 2.18 bits per heavy atom. The first kappa shape index (κ1) is 8.61. The monoisotopic (exact) mass is 162 g/mol. The average molecular weight is 162 g/mol. The highest BCUT2D eigenvalue weighted by atomic mass is 16.5. The van der Waals surface area contributed by atoms with E-state index < -0.39 is 30.7 Å². The van der Waals surface area contributed by atoms with E-state index in [1.165, 1.54) is 0 Å². The SMILES string of the molecule is O=C1CO[C@@H](CO)[C@H](O)[C@H]1O. The minimum absolute atomic E-state index is 0.247. The van der Waals surface area contributed by atoms with Crippen molar-refractivity contribution in [1.29, 1.82) is 0 Å². The molecule has 11 heavy (non-hydrogen) atoms. The van der Waals surface area contributed by atoms with E-state index in [1.54, 1.807) is 0 Å². The third-order valence-corrected chi connectivity index (χ3v) is 1.65. The van der Waals surface area contributed by atoms with E-state index in [0.717, 1.165) is 0 Å². The van der Waals surface area contributed by atoms with Gasteiger partial charge in [-0.15, -0.1) is 0 Å². The number of ketones is 1. The zero-order chi connectivity index (χ0) is 8.43. The second kappa shape index (κ2) is 3.27. The summed E-state index contributed by atoms with van der Waals surface area (Å²) < 4.78 is 4.71. The fraction of sp³-hybridized carbons (Fsp3) is 0.833. The Labute approximate surface area is 63.2 Å². The van der Waals surface area contributed by atoms with Gasteiger partial charge in [-0.25, -0.2) is 0 Å². The molecule has 0 aromatic heterocycles. The van der Waals surface area contributed by atoms with Gasteiger partial charge in [-0.2, -0.15) is 0 Å². The Balaban J connectivity index is 2.59. The van der Waals surface area contributed by atoms with Crippen molar-refractivity contribution in [1.82, 2.24) is 0 Å². The van der Waals surface area contributed by atoms with Gasteiger partial charge in [-0.05, 0) is 0 Å². The average Bonchev–Trinajstić information content (AvgIpc) is 2.01. The summed E-state index contributed by atoms with van der Waals surface area (Å²) in [5.74, 6) is -0.554. The molecule has 1 aliphatic heterocycles. The Kier molecular flexibility index (Phi) is 2.56. The minimum Gasteiger partial charge on any atom is -0.394 e. The van der Waals surface area contributed by atoms with E-state index in [1.807, 2.05) is 0 Å². The number of aliphatic hydroxyl groups is 3. The van der Waals surface area contributed by atoms with Crippen LogP contribution in [0.25, 0.3) is 0 Å². The van der Waals surface area contributed by atoms with Gasteiger partial charge >= 0.3 is 0 Å². The van der Waals surface area contributed by atoms with Gasteiger partial charge in [0, 0.05) is 0 Å². The van der Waals surface area contributed by atoms with E-state index in [9.17, 15) is 4.79 Å². The zero-order valence-electron chi connectivity index (χ0n) is 5.80. The van der Waals surface area contributed by atoms with Crippen LogP contribution in [0.2, 0.25) is 0 Å². The number of Topliss-reactive ketones (excluding diaryl/α,β-unsaturated/α-hetero) is 1. The highest BCUT2D eigenvalue weighted by Crippen LogP contribution is 2.11. The van der Waals surface area contributed by atoms with Crippen molar-refractivity contribution in [2.45, 2.75) is 18.3 Å². The van der Waals surface area contributed by atoms with Crippen molar-refractivity contribution in [3.8, 4) is 0 Å². The third kappa shape index (κ3) is 1.57. The van der Waals surface area contributed by atoms with Gasteiger partial charge in [-0.3, -0.25) is 4.79 Å². The molecule has 0 bridgehead atoms. The van der Waals surface area contributed by atoms with Crippen LogP contribution in [0.1, 0.15) is 0 Å². The van der Waals surface area contributed by atoms with Gasteiger partial charge in [0.1, 0.15) is 24.9 Å². The van der Waals surface area contributed by atoms with Crippen LogP contribution in [0.4, 0.5) is 0 Å². The molecule has 0 aromatic carbocycles. The van der Waals surface area contributed by atoms with Gasteiger partial charge in [0.25, 0.3) is 0 Å². The maximum atomic E-state index is 10.6. The molecule has 1 fully saturated rings. The summed E-state index contributed by atoms with van der Waals surface area (Å²) in [5.41, 5.74) is 0. The van der Waals surface area contributed by atoms with Gasteiger partial charge in [0.15, 0.2) is 5.78 Å². The molecule has 0 unspecified atom stereocenters. The molecule has 3 atom stereocenters. The molecule has 0 radical (unpaired) electrons. The predicted octanol–water partition coefficient (Wildman–Crippen LogP) is -2.33. The molecule has 1 heterocycles. The summed E-state index contributed by atoms with van der Waals surface area (Å²) in [6.07, 6.45) is -3.56. The predicted molar refractivity (Wildman–Crippen MR) is 33.8 cm³/mol. The molecule has 5 heteroatoms. The quantitative estimate of drug-likeness (QED) is 0.402. The van der Waals surface area contributed by atoms with Crippen molar-refractivity contribution in [3.05, 3.63) is 0 Å². The smallest absolute Gasteiger partial charge is 0.189 e. The van der Waals surface area contributed by atoms with Crippen LogP contribution in [0.5, 0.6) is 0 Å². The van der Waals surface area contributed by atoms with Crippen LogP contribution >= 0.6 is 0 Å². The first-order valence-corrected chi connectivity index (χ1v) is 3.28. The highest BCUT2D eigenvalue weighted by Gasteiger charge is 2.36. The van der Waals surface area contributed by atoms with E-state index in [0.29, 0.717) is 0 Å². The van der Waals surface area contributed by atoms with Crippen LogP contribution < -0.4 is 0 Å². The molecule has 0 spiro atoms. The van der Waals surface area contributed by atoms with Crippen molar-refractivity contribution >= 4 is 5.78 Å². The number of hydrogen-bond acceptors (Lipinski definition) is 5. The second-order valence-electron chi connectivity index (χ2n) is 2.43. The Morgan fingerprint density at radius 3 is 2.73 bits per heavy atom. The summed E-state index contributed by atoms with van der Waals surface area (Å²) >= 11 is 0. The molecule has 1 saturated heterocycles. The number of aliphatic hydroxyl groups excluding tert-OH is 3. The van der Waals surface area contributed by atoms with Crippen molar-refractivity contribution < 1.29 is 24.9 Å². The largest absolute Gasteiger partial charge is 0.394 e. The second-order valence-corrected chi connectivity index (χ2v) is 2.43. The topological polar surface area (TPSA) is 87.0 Å². The minimum atomic E-state index is -1.42. The molecule has 5 nitrogen and oxygen atoms in total. The summed E-state index contributed by atoms with van der Waals surface area (Å²) in [5, 5.41) is 26.6. The van der Waals surface area contributed by atoms with E-state index in [4.69, 9.17) is 20.1 Å². The lowest BCUT2D eigenvalue weighted by Crippen LogP contribution is -2.51. The Hall–Kier alpha value is -0.490. The van der Waals surface area contributed by atoms with E-state index in [-0.39, 0.29) is 6.61 Å². The third-order valence-electron chi connectivity index (χ3n) is 1.65. The maximum Gasteiger partial charge on any atom is 0.189 e. The van der Waals surface area contributed by atoms with Crippen molar-refractivity contribution in [3.63, 3.8) is 0 Å². The lowest BCUT2D eigenvalue weighted by atomic mass is 10.0. The molecule has 0 aliphatic carbocycles. The standard InChI is InChI=1S/C6H10O5/c7-1-4-6(10)5(9)3(8)2-11-4/h4-7,9-10H,1-2H2/t4-,5-,6-/m0/s1. The summed E-state index contributed by atoms with van der Waals surface area (Å²) in [6, 6.07) is 0. The van der Waals surface area contributed by atoms with Crippen LogP contribution in [-0.4, -0.2) is 52.6 Å². The summed E-state index contributed by atoms with van der Waals surface area (Å²) in [4.78, 5) is 10.6. The van der Waals surface area contributed by atoms with Crippen LogP contribution in [-0.2, 0) is 9.53 Å². The first-order chi connectivity index (χ1) is 5.16. The molecule has 1 rings (SSSR count). The molecule has 0 amide bonds. The number of ether oxygens (including phenoxy) is 1. The molecule has 0 aromatic rings. The van der Waals surface area contributed by atoms with Gasteiger partial charge in [-0.1, -0.05) is 0 Å². The van der Waals surface area contributed by atoms with Gasteiger partial charge < -0.3 is 20.1 Å². The fourth-order valence-corrected chi connectivity index (χ4v) is 0.928. The van der Waals surface area contributed by atoms with E-state index >= 15 is 0 Å². The van der Waals surface area contributed by atoms with Crippen LogP contribution in [0, 0.1) is 0 Å². The normalized spacial score (nSPS) is 39.2. The number of carbonyl (C=O) groups is 1. The maximum absolute atomic E-state index is 10.6. The molecular weight excluding hydrogens is 152 g/mol. The molecule has 64 valence electrons. The van der Waals surface area contributed by atoms with Crippen LogP contribution in [0.15, 0.2) is 0 Å². The summed E-state index contributed by atoms with van der Waals surface area (Å²) in [6.45, 7) is -0.644. The summed E-state index contributed by atoms with van der Waals surface area (Å²) in [7, 11) is 0. The molecule has 1 aliphatic rings. The fourth-order valence-electron chi connectivity index (χ4n) is 0.928. The number of rotatable bonds is 1. The lowest BCUT2D eigenvalue weighted by molar-refractivity contribution is -0.170. The van der Waals surface area contributed by atoms with Crippen LogP contribution in [0.3, 0.4) is 0 Å². The number of hydrogen-bond donors (Lipinski definition) is 3. The zero-order valence-corrected chi connectivity index (χ0v) is 5.80. The Bertz CT molecular complexity index is 157. The van der Waals surface area contributed by atoms with Crippen molar-refractivity contribution in [2.75, 3.05) is 13.2 Å². The highest BCUT2D eigenvalue weighted by molar-refractivity contribution is 5.85. The first-order valence-electron chi connectivity index (χ1n) is 3.28. The lowest BCUT2D eigenvalue weighted by Gasteiger charge is -2.29. The van der Waals surface area contributed by atoms with Crippen molar-refractivity contribution in [2.24, 2.45) is 0 Å². The van der Waals surface area contributed by atoms with Gasteiger partial charge in [0.2, 0.25) is 0 Å². The molecule has 3 N–H and O–H groups in total. The molecular formula is C6H10O5.